The van der Waals surface area contributed by atoms with E-state index in [1.807, 2.05) is 38.1 Å². The van der Waals surface area contributed by atoms with Crippen LogP contribution in [0.3, 0.4) is 0 Å². The van der Waals surface area contributed by atoms with Crippen LogP contribution < -0.4 is 15.4 Å². The fourth-order valence-corrected chi connectivity index (χ4v) is 2.31. The van der Waals surface area contributed by atoms with E-state index >= 15 is 0 Å². The molecule has 0 saturated carbocycles. The first-order chi connectivity index (χ1) is 9.65. The Hall–Kier alpha value is -1.55. The fourth-order valence-electron chi connectivity index (χ4n) is 2.31. The maximum atomic E-state index is 11.8. The molecule has 20 heavy (non-hydrogen) atoms. The van der Waals surface area contributed by atoms with E-state index in [-0.39, 0.29) is 11.9 Å². The number of amides is 1. The Morgan fingerprint density at radius 2 is 1.95 bits per heavy atom. The number of rotatable bonds is 5. The summed E-state index contributed by atoms with van der Waals surface area (Å²) in [6.45, 7) is 6.84. The Kier molecular flexibility index (Phi) is 5.41. The molecule has 0 spiro atoms. The molecule has 4 nitrogen and oxygen atoms in total. The molecule has 1 aromatic carbocycles. The zero-order chi connectivity index (χ0) is 14.4. The highest BCUT2D eigenvalue weighted by molar-refractivity contribution is 5.94. The van der Waals surface area contributed by atoms with Crippen LogP contribution in [0.4, 0.5) is 0 Å². The van der Waals surface area contributed by atoms with Crippen LogP contribution in [0.5, 0.6) is 5.75 Å². The van der Waals surface area contributed by atoms with E-state index in [9.17, 15) is 4.79 Å². The lowest BCUT2D eigenvalue weighted by Crippen LogP contribution is -2.30. The third kappa shape index (κ3) is 4.53. The molecule has 110 valence electrons. The fraction of sp³-hybridized carbons (Fsp3) is 0.562. The molecule has 1 saturated heterocycles. The largest absolute Gasteiger partial charge is 0.493 e. The third-order valence-electron chi connectivity index (χ3n) is 3.48. The maximum Gasteiger partial charge on any atom is 0.251 e. The summed E-state index contributed by atoms with van der Waals surface area (Å²) in [7, 11) is 0. The smallest absolute Gasteiger partial charge is 0.251 e. The van der Waals surface area contributed by atoms with Gasteiger partial charge in [-0.25, -0.2) is 0 Å². The van der Waals surface area contributed by atoms with E-state index in [2.05, 4.69) is 10.6 Å². The van der Waals surface area contributed by atoms with E-state index in [1.54, 1.807) is 0 Å². The van der Waals surface area contributed by atoms with Gasteiger partial charge in [-0.15, -0.1) is 0 Å². The van der Waals surface area contributed by atoms with Crippen LogP contribution in [-0.4, -0.2) is 31.6 Å². The molecule has 2 N–H and O–H groups in total. The normalized spacial score (nSPS) is 16.1. The van der Waals surface area contributed by atoms with Crippen LogP contribution in [0, 0.1) is 5.92 Å². The van der Waals surface area contributed by atoms with Gasteiger partial charge in [0.2, 0.25) is 0 Å². The van der Waals surface area contributed by atoms with Gasteiger partial charge in [-0.05, 0) is 70.0 Å². The summed E-state index contributed by atoms with van der Waals surface area (Å²) < 4.78 is 5.80. The van der Waals surface area contributed by atoms with E-state index in [0.29, 0.717) is 11.5 Å². The lowest BCUT2D eigenvalue weighted by atomic mass is 9.99. The summed E-state index contributed by atoms with van der Waals surface area (Å²) in [6, 6.07) is 7.52. The molecule has 0 aliphatic carbocycles. The average Bonchev–Trinajstić information content (AvgIpc) is 2.46. The van der Waals surface area contributed by atoms with Crippen molar-refractivity contribution in [2.45, 2.75) is 32.7 Å². The van der Waals surface area contributed by atoms with Crippen molar-refractivity contribution in [1.82, 2.24) is 10.6 Å². The van der Waals surface area contributed by atoms with Crippen LogP contribution in [0.15, 0.2) is 24.3 Å². The molecule has 1 aliphatic rings. The standard InChI is InChI=1S/C16H24N2O2/c1-12(2)18-16(19)14-3-5-15(6-4-14)20-11-13-7-9-17-10-8-13/h3-6,12-13,17H,7-11H2,1-2H3,(H,18,19). The lowest BCUT2D eigenvalue weighted by molar-refractivity contribution is 0.0943. The number of nitrogens with one attached hydrogen (secondary N) is 2. The van der Waals surface area contributed by atoms with Crippen molar-refractivity contribution in [2.24, 2.45) is 5.92 Å². The van der Waals surface area contributed by atoms with Crippen molar-refractivity contribution in [1.29, 1.82) is 0 Å². The highest BCUT2D eigenvalue weighted by Gasteiger charge is 2.13. The highest BCUT2D eigenvalue weighted by Crippen LogP contribution is 2.17. The van der Waals surface area contributed by atoms with Crippen molar-refractivity contribution in [3.05, 3.63) is 29.8 Å². The van der Waals surface area contributed by atoms with Crippen molar-refractivity contribution < 1.29 is 9.53 Å². The minimum atomic E-state index is -0.0371. The minimum absolute atomic E-state index is 0.0371. The van der Waals surface area contributed by atoms with Crippen molar-refractivity contribution in [3.8, 4) is 5.75 Å². The van der Waals surface area contributed by atoms with E-state index in [0.717, 1.165) is 25.4 Å². The molecule has 0 radical (unpaired) electrons. The lowest BCUT2D eigenvalue weighted by Gasteiger charge is -2.22. The van der Waals surface area contributed by atoms with Gasteiger partial charge in [0.25, 0.3) is 5.91 Å². The molecule has 0 atom stereocenters. The summed E-state index contributed by atoms with van der Waals surface area (Å²) in [5.74, 6) is 1.44. The molecular weight excluding hydrogens is 252 g/mol. The van der Waals surface area contributed by atoms with Gasteiger partial charge >= 0.3 is 0 Å². The Labute approximate surface area is 120 Å². The maximum absolute atomic E-state index is 11.8. The monoisotopic (exact) mass is 276 g/mol. The summed E-state index contributed by atoms with van der Waals surface area (Å²) in [4.78, 5) is 11.8. The predicted molar refractivity (Wildman–Crippen MR) is 80.1 cm³/mol. The van der Waals surface area contributed by atoms with Gasteiger partial charge in [-0.2, -0.15) is 0 Å². The number of ether oxygens (including phenoxy) is 1. The molecule has 4 heteroatoms. The van der Waals surface area contributed by atoms with Crippen LogP contribution in [-0.2, 0) is 0 Å². The Morgan fingerprint density at radius 1 is 1.30 bits per heavy atom. The predicted octanol–water partition coefficient (Wildman–Crippen LogP) is 2.20. The van der Waals surface area contributed by atoms with Crippen LogP contribution in [0.2, 0.25) is 0 Å². The van der Waals surface area contributed by atoms with Gasteiger partial charge in [0.1, 0.15) is 5.75 Å². The van der Waals surface area contributed by atoms with Gasteiger partial charge in [-0.1, -0.05) is 0 Å². The van der Waals surface area contributed by atoms with Crippen LogP contribution in [0.1, 0.15) is 37.0 Å². The van der Waals surface area contributed by atoms with Crippen LogP contribution in [0.25, 0.3) is 0 Å². The first-order valence-corrected chi connectivity index (χ1v) is 7.39. The Balaban J connectivity index is 1.83. The molecule has 1 aliphatic heterocycles. The Bertz CT molecular complexity index is 423. The quantitative estimate of drug-likeness (QED) is 0.867. The molecule has 1 amide bonds. The topological polar surface area (TPSA) is 50.4 Å². The van der Waals surface area contributed by atoms with E-state index < -0.39 is 0 Å². The first-order valence-electron chi connectivity index (χ1n) is 7.39. The average molecular weight is 276 g/mol. The summed E-state index contributed by atoms with van der Waals surface area (Å²) in [5, 5.41) is 6.22. The number of piperidine rings is 1. The minimum Gasteiger partial charge on any atom is -0.493 e. The number of hydrogen-bond acceptors (Lipinski definition) is 3. The van der Waals surface area contributed by atoms with Crippen LogP contribution >= 0.6 is 0 Å². The second-order valence-corrected chi connectivity index (χ2v) is 5.66. The van der Waals surface area contributed by atoms with Gasteiger partial charge in [0.15, 0.2) is 0 Å². The van der Waals surface area contributed by atoms with Gasteiger partial charge in [0.05, 0.1) is 6.61 Å². The Morgan fingerprint density at radius 3 is 2.55 bits per heavy atom. The number of hydrogen-bond donors (Lipinski definition) is 2. The van der Waals surface area contributed by atoms with Crippen molar-refractivity contribution >= 4 is 5.91 Å². The summed E-state index contributed by atoms with van der Waals surface area (Å²) in [6.07, 6.45) is 2.35. The molecule has 2 rings (SSSR count). The summed E-state index contributed by atoms with van der Waals surface area (Å²) >= 11 is 0. The SMILES string of the molecule is CC(C)NC(=O)c1ccc(OCC2CCNCC2)cc1. The molecule has 0 unspecified atom stereocenters. The summed E-state index contributed by atoms with van der Waals surface area (Å²) in [5.41, 5.74) is 0.674. The zero-order valence-corrected chi connectivity index (χ0v) is 12.3. The second-order valence-electron chi connectivity index (χ2n) is 5.66. The molecule has 0 aromatic heterocycles. The number of carbonyl (C=O) groups is 1. The molecule has 0 bridgehead atoms. The highest BCUT2D eigenvalue weighted by atomic mass is 16.5. The van der Waals surface area contributed by atoms with Crippen molar-refractivity contribution in [3.63, 3.8) is 0 Å². The first kappa shape index (κ1) is 14.9. The van der Waals surface area contributed by atoms with E-state index in [4.69, 9.17) is 4.74 Å². The van der Waals surface area contributed by atoms with Gasteiger partial charge in [-0.3, -0.25) is 4.79 Å². The molecule has 1 heterocycles. The number of carbonyl (C=O) groups excluding carboxylic acids is 1. The van der Waals surface area contributed by atoms with Gasteiger partial charge < -0.3 is 15.4 Å². The van der Waals surface area contributed by atoms with E-state index in [1.165, 1.54) is 12.8 Å². The zero-order valence-electron chi connectivity index (χ0n) is 12.3. The van der Waals surface area contributed by atoms with Gasteiger partial charge in [0, 0.05) is 11.6 Å². The third-order valence-corrected chi connectivity index (χ3v) is 3.48. The number of benzene rings is 1. The van der Waals surface area contributed by atoms with Crippen molar-refractivity contribution in [2.75, 3.05) is 19.7 Å². The molecule has 1 aromatic rings. The molecule has 1 fully saturated rings. The second kappa shape index (κ2) is 7.29. The molecular formula is C16H24N2O2.